The molecule has 6 nitrogen and oxygen atoms in total. The minimum absolute atomic E-state index is 0.0672. The molecule has 0 atom stereocenters. The molecule has 0 aliphatic rings. The van der Waals surface area contributed by atoms with Crippen LogP contribution in [0.15, 0.2) is 4.90 Å². The van der Waals surface area contributed by atoms with E-state index < -0.39 is 16.0 Å². The third-order valence-electron chi connectivity index (χ3n) is 2.68. The zero-order valence-corrected chi connectivity index (χ0v) is 12.6. The van der Waals surface area contributed by atoms with Crippen molar-refractivity contribution >= 4 is 16.0 Å². The van der Waals surface area contributed by atoms with Gasteiger partial charge in [-0.3, -0.25) is 0 Å². The van der Waals surface area contributed by atoms with Gasteiger partial charge in [0.1, 0.15) is 10.6 Å². The highest BCUT2D eigenvalue weighted by atomic mass is 32.2. The summed E-state index contributed by atoms with van der Waals surface area (Å²) in [4.78, 5) is 14.6. The second kappa shape index (κ2) is 6.59. The topological polar surface area (TPSA) is 88.3 Å². The molecule has 0 aliphatic heterocycles. The summed E-state index contributed by atoms with van der Waals surface area (Å²) in [5, 5.41) is 0. The Kier molecular flexibility index (Phi) is 5.36. The number of aromatic amines is 1. The van der Waals surface area contributed by atoms with Crippen molar-refractivity contribution in [1.82, 2.24) is 9.71 Å². The van der Waals surface area contributed by atoms with Crippen molar-refractivity contribution in [1.29, 1.82) is 0 Å². The predicted octanol–water partition coefficient (Wildman–Crippen LogP) is 1.11. The smallest absolute Gasteiger partial charge is 0.355 e. The van der Waals surface area contributed by atoms with Crippen LogP contribution in [0.2, 0.25) is 0 Å². The number of aryl methyl sites for hydroxylation is 1. The number of hydrogen-bond donors (Lipinski definition) is 2. The molecule has 1 rings (SSSR count). The molecule has 0 bridgehead atoms. The first-order valence-corrected chi connectivity index (χ1v) is 7.62. The van der Waals surface area contributed by atoms with Crippen LogP contribution in [0.1, 0.15) is 35.1 Å². The molecule has 1 aromatic rings. The lowest BCUT2D eigenvalue weighted by atomic mass is 10.2. The number of terminal acetylenes is 1. The fourth-order valence-corrected chi connectivity index (χ4v) is 3.35. The monoisotopic (exact) mass is 298 g/mol. The van der Waals surface area contributed by atoms with Gasteiger partial charge in [0.25, 0.3) is 0 Å². The zero-order chi connectivity index (χ0) is 15.3. The molecular formula is C13H18N2O4S. The maximum absolute atomic E-state index is 12.2. The number of sulfonamides is 1. The van der Waals surface area contributed by atoms with Gasteiger partial charge in [0.2, 0.25) is 10.0 Å². The number of rotatable bonds is 6. The molecular weight excluding hydrogens is 280 g/mol. The lowest BCUT2D eigenvalue weighted by Crippen LogP contribution is -2.25. The SMILES string of the molecule is C#CCCNS(=O)(=O)c1c(C)[nH]c(C(=O)OCC)c1C. The molecule has 0 aromatic carbocycles. The van der Waals surface area contributed by atoms with Crippen molar-refractivity contribution in [2.75, 3.05) is 13.2 Å². The first-order chi connectivity index (χ1) is 9.35. The van der Waals surface area contributed by atoms with Crippen LogP contribution in [0.5, 0.6) is 0 Å². The molecule has 0 fully saturated rings. The molecule has 1 heterocycles. The Morgan fingerprint density at radius 2 is 2.10 bits per heavy atom. The Balaban J connectivity index is 3.14. The van der Waals surface area contributed by atoms with E-state index in [1.807, 2.05) is 0 Å². The van der Waals surface area contributed by atoms with E-state index in [0.29, 0.717) is 17.7 Å². The van der Waals surface area contributed by atoms with E-state index in [0.717, 1.165) is 0 Å². The van der Waals surface area contributed by atoms with Crippen molar-refractivity contribution in [3.8, 4) is 12.3 Å². The second-order valence-corrected chi connectivity index (χ2v) is 5.86. The van der Waals surface area contributed by atoms with Crippen LogP contribution in [-0.4, -0.2) is 32.5 Å². The highest BCUT2D eigenvalue weighted by Gasteiger charge is 2.26. The summed E-state index contributed by atoms with van der Waals surface area (Å²) in [6, 6.07) is 0. The summed E-state index contributed by atoms with van der Waals surface area (Å²) >= 11 is 0. The molecule has 2 N–H and O–H groups in total. The standard InChI is InChI=1S/C13H18N2O4S/c1-5-7-8-14-20(17,18)12-9(3)11(15-10(12)4)13(16)19-6-2/h1,14-15H,6-8H2,2-4H3. The van der Waals surface area contributed by atoms with E-state index in [4.69, 9.17) is 11.2 Å². The van der Waals surface area contributed by atoms with Gasteiger partial charge in [0.15, 0.2) is 0 Å². The molecule has 0 spiro atoms. The van der Waals surface area contributed by atoms with Crippen molar-refractivity contribution in [3.63, 3.8) is 0 Å². The van der Waals surface area contributed by atoms with E-state index in [1.165, 1.54) is 0 Å². The third-order valence-corrected chi connectivity index (χ3v) is 4.41. The first-order valence-electron chi connectivity index (χ1n) is 6.14. The molecule has 1 aromatic heterocycles. The lowest BCUT2D eigenvalue weighted by molar-refractivity contribution is 0.0519. The van der Waals surface area contributed by atoms with Crippen molar-refractivity contribution in [2.45, 2.75) is 32.1 Å². The normalized spacial score (nSPS) is 11.1. The van der Waals surface area contributed by atoms with Crippen LogP contribution in [0, 0.1) is 26.2 Å². The highest BCUT2D eigenvalue weighted by Crippen LogP contribution is 2.23. The van der Waals surface area contributed by atoms with E-state index in [-0.39, 0.29) is 23.7 Å². The molecule has 110 valence electrons. The molecule has 7 heteroatoms. The Morgan fingerprint density at radius 1 is 1.45 bits per heavy atom. The summed E-state index contributed by atoms with van der Waals surface area (Å²) in [6.07, 6.45) is 5.38. The third kappa shape index (κ3) is 3.40. The van der Waals surface area contributed by atoms with Gasteiger partial charge in [-0.25, -0.2) is 17.9 Å². The summed E-state index contributed by atoms with van der Waals surface area (Å²) in [7, 11) is -3.71. The number of esters is 1. The molecule has 0 amide bonds. The fraction of sp³-hybridized carbons (Fsp3) is 0.462. The van der Waals surface area contributed by atoms with Crippen molar-refractivity contribution < 1.29 is 17.9 Å². The second-order valence-electron chi connectivity index (χ2n) is 4.15. The first kappa shape index (κ1) is 16.3. The van der Waals surface area contributed by atoms with Crippen molar-refractivity contribution in [3.05, 3.63) is 17.0 Å². The summed E-state index contributed by atoms with van der Waals surface area (Å²) in [6.45, 7) is 5.20. The van der Waals surface area contributed by atoms with Gasteiger partial charge >= 0.3 is 5.97 Å². The van der Waals surface area contributed by atoms with Gasteiger partial charge in [-0.15, -0.1) is 12.3 Å². The summed E-state index contributed by atoms with van der Waals surface area (Å²) in [5.74, 6) is 1.78. The number of aromatic nitrogens is 1. The van der Waals surface area contributed by atoms with E-state index in [9.17, 15) is 13.2 Å². The van der Waals surface area contributed by atoms with E-state index >= 15 is 0 Å². The average molecular weight is 298 g/mol. The maximum Gasteiger partial charge on any atom is 0.355 e. The van der Waals surface area contributed by atoms with Crippen molar-refractivity contribution in [2.24, 2.45) is 0 Å². The van der Waals surface area contributed by atoms with Gasteiger partial charge in [-0.2, -0.15) is 0 Å². The summed E-state index contributed by atoms with van der Waals surface area (Å²) in [5.41, 5.74) is 0.884. The van der Waals surface area contributed by atoms with Crippen LogP contribution in [0.3, 0.4) is 0 Å². The minimum atomic E-state index is -3.71. The fourth-order valence-electron chi connectivity index (χ4n) is 1.87. The number of hydrogen-bond acceptors (Lipinski definition) is 4. The molecule has 0 unspecified atom stereocenters. The largest absolute Gasteiger partial charge is 0.461 e. The quantitative estimate of drug-likeness (QED) is 0.468. The molecule has 0 aliphatic carbocycles. The van der Waals surface area contributed by atoms with Crippen LogP contribution in [0.4, 0.5) is 0 Å². The van der Waals surface area contributed by atoms with Crippen LogP contribution < -0.4 is 4.72 Å². The van der Waals surface area contributed by atoms with E-state index in [1.54, 1.807) is 20.8 Å². The number of carbonyl (C=O) groups excluding carboxylic acids is 1. The van der Waals surface area contributed by atoms with Gasteiger partial charge in [-0.05, 0) is 20.8 Å². The summed E-state index contributed by atoms with van der Waals surface area (Å²) < 4.78 is 31.7. The Bertz CT molecular complexity index is 638. The van der Waals surface area contributed by atoms with Gasteiger partial charge in [0, 0.05) is 24.2 Å². The lowest BCUT2D eigenvalue weighted by Gasteiger charge is -2.06. The van der Waals surface area contributed by atoms with Gasteiger partial charge in [-0.1, -0.05) is 0 Å². The van der Waals surface area contributed by atoms with E-state index in [2.05, 4.69) is 15.6 Å². The Morgan fingerprint density at radius 3 is 2.65 bits per heavy atom. The number of carbonyl (C=O) groups is 1. The highest BCUT2D eigenvalue weighted by molar-refractivity contribution is 7.89. The van der Waals surface area contributed by atoms with Crippen LogP contribution in [-0.2, 0) is 14.8 Å². The molecule has 0 saturated heterocycles. The molecule has 0 saturated carbocycles. The number of H-pyrrole nitrogens is 1. The average Bonchev–Trinajstić information content (AvgIpc) is 2.66. The van der Waals surface area contributed by atoms with Crippen LogP contribution >= 0.6 is 0 Å². The van der Waals surface area contributed by atoms with Gasteiger partial charge in [0.05, 0.1) is 6.61 Å². The Hall–Kier alpha value is -1.78. The number of ether oxygens (including phenoxy) is 1. The van der Waals surface area contributed by atoms with Gasteiger partial charge < -0.3 is 9.72 Å². The molecule has 20 heavy (non-hydrogen) atoms. The predicted molar refractivity (Wildman–Crippen MR) is 74.9 cm³/mol. The number of nitrogens with one attached hydrogen (secondary N) is 2. The minimum Gasteiger partial charge on any atom is -0.461 e. The molecule has 0 radical (unpaired) electrons. The maximum atomic E-state index is 12.2. The van der Waals surface area contributed by atoms with Crippen LogP contribution in [0.25, 0.3) is 0 Å². The Labute approximate surface area is 119 Å². The zero-order valence-electron chi connectivity index (χ0n) is 11.7.